The minimum Gasteiger partial charge on any atom is -0.350 e. The predicted octanol–water partition coefficient (Wildman–Crippen LogP) is 3.53. The zero-order chi connectivity index (χ0) is 27.0. The fourth-order valence-corrected chi connectivity index (χ4v) is 6.02. The summed E-state index contributed by atoms with van der Waals surface area (Å²) in [5.74, 6) is -0.388. The minimum atomic E-state index is -3.47. The predicted molar refractivity (Wildman–Crippen MR) is 145 cm³/mol. The highest BCUT2D eigenvalue weighted by atomic mass is 32.2. The van der Waals surface area contributed by atoms with Crippen molar-refractivity contribution in [1.29, 1.82) is 0 Å². The first-order valence-corrected chi connectivity index (χ1v) is 14.4. The molecule has 2 aromatic carbocycles. The highest BCUT2D eigenvalue weighted by Gasteiger charge is 2.28. The number of aryl methyl sites for hydroxylation is 1. The van der Waals surface area contributed by atoms with Gasteiger partial charge >= 0.3 is 0 Å². The molecule has 4 rings (SSSR count). The van der Waals surface area contributed by atoms with Crippen LogP contribution in [-0.2, 0) is 39.1 Å². The van der Waals surface area contributed by atoms with Crippen molar-refractivity contribution in [2.45, 2.75) is 56.6 Å². The van der Waals surface area contributed by atoms with Crippen LogP contribution in [0.5, 0.6) is 0 Å². The Hall–Kier alpha value is -3.56. The van der Waals surface area contributed by atoms with E-state index in [2.05, 4.69) is 10.3 Å². The van der Waals surface area contributed by atoms with Crippen LogP contribution in [0.25, 0.3) is 0 Å². The monoisotopic (exact) mass is 534 g/mol. The molecule has 1 fully saturated rings. The second-order valence-corrected chi connectivity index (χ2v) is 11.5. The highest BCUT2D eigenvalue weighted by Crippen LogP contribution is 2.22. The third-order valence-electron chi connectivity index (χ3n) is 6.81. The molecule has 2 heterocycles. The topological polar surface area (TPSA) is 99.7 Å². The van der Waals surface area contributed by atoms with E-state index >= 15 is 0 Å². The Kier molecular flexibility index (Phi) is 9.25. The van der Waals surface area contributed by atoms with Gasteiger partial charge in [-0.1, -0.05) is 48.5 Å². The number of amides is 2. The average molecular weight is 535 g/mol. The molecule has 0 aliphatic carbocycles. The van der Waals surface area contributed by atoms with E-state index in [1.165, 1.54) is 4.31 Å². The first-order chi connectivity index (χ1) is 18.3. The summed E-state index contributed by atoms with van der Waals surface area (Å²) in [7, 11) is -3.47. The van der Waals surface area contributed by atoms with Crippen LogP contribution in [0.3, 0.4) is 0 Å². The van der Waals surface area contributed by atoms with Gasteiger partial charge in [0, 0.05) is 45.0 Å². The van der Waals surface area contributed by atoms with Crippen LogP contribution in [0, 0.1) is 0 Å². The molecular weight excluding hydrogens is 500 g/mol. The summed E-state index contributed by atoms with van der Waals surface area (Å²) in [6.07, 6.45) is 5.79. The fraction of sp³-hybridized carbons (Fsp3) is 0.345. The molecule has 1 aliphatic heterocycles. The lowest BCUT2D eigenvalue weighted by molar-refractivity contribution is -0.140. The molecule has 3 aromatic rings. The summed E-state index contributed by atoms with van der Waals surface area (Å²) < 4.78 is 27.1. The standard InChI is InChI=1S/C29H34N4O4S/c1-23(29(35)31-21-26-10-7-17-30-20-26)33(22-25-8-3-2-4-9-25)28(34)16-13-24-11-14-27(15-12-24)38(36,37)32-18-5-6-19-32/h2-4,7-12,14-15,17,20,23H,5-6,13,16,18-19,21-22H2,1H3,(H,31,35)/t23-/m0/s1. The molecule has 0 saturated carbocycles. The SMILES string of the molecule is C[C@@H](C(=O)NCc1cccnc1)N(Cc1ccccc1)C(=O)CCc1ccc(S(=O)(=O)N2CCCC2)cc1. The van der Waals surface area contributed by atoms with E-state index in [9.17, 15) is 18.0 Å². The number of benzene rings is 2. The van der Waals surface area contributed by atoms with Gasteiger partial charge in [-0.2, -0.15) is 4.31 Å². The van der Waals surface area contributed by atoms with E-state index in [0.717, 1.165) is 29.5 Å². The smallest absolute Gasteiger partial charge is 0.243 e. The third kappa shape index (κ3) is 7.05. The van der Waals surface area contributed by atoms with Crippen molar-refractivity contribution in [2.24, 2.45) is 0 Å². The number of pyridine rings is 1. The van der Waals surface area contributed by atoms with Gasteiger partial charge in [0.2, 0.25) is 21.8 Å². The molecule has 0 bridgehead atoms. The lowest BCUT2D eigenvalue weighted by Gasteiger charge is -2.29. The van der Waals surface area contributed by atoms with Crippen molar-refractivity contribution in [3.05, 3.63) is 95.8 Å². The van der Waals surface area contributed by atoms with Crippen molar-refractivity contribution in [1.82, 2.24) is 19.5 Å². The Morgan fingerprint density at radius 2 is 1.63 bits per heavy atom. The van der Waals surface area contributed by atoms with Gasteiger partial charge in [-0.05, 0) is 61.1 Å². The molecular formula is C29H34N4O4S. The number of nitrogens with one attached hydrogen (secondary N) is 1. The second kappa shape index (κ2) is 12.8. The number of carbonyl (C=O) groups is 2. The zero-order valence-electron chi connectivity index (χ0n) is 21.6. The maximum Gasteiger partial charge on any atom is 0.243 e. The van der Waals surface area contributed by atoms with Crippen LogP contribution >= 0.6 is 0 Å². The molecule has 8 nitrogen and oxygen atoms in total. The first-order valence-electron chi connectivity index (χ1n) is 12.9. The van der Waals surface area contributed by atoms with Crippen molar-refractivity contribution < 1.29 is 18.0 Å². The number of aromatic nitrogens is 1. The Labute approximate surface area is 224 Å². The molecule has 1 atom stereocenters. The van der Waals surface area contributed by atoms with E-state index in [4.69, 9.17) is 0 Å². The lowest BCUT2D eigenvalue weighted by atomic mass is 10.1. The van der Waals surface area contributed by atoms with Crippen LogP contribution in [0.2, 0.25) is 0 Å². The quantitative estimate of drug-likeness (QED) is 0.406. The molecule has 38 heavy (non-hydrogen) atoms. The summed E-state index contributed by atoms with van der Waals surface area (Å²) >= 11 is 0. The van der Waals surface area contributed by atoms with Gasteiger partial charge in [0.15, 0.2) is 0 Å². The van der Waals surface area contributed by atoms with E-state index in [0.29, 0.717) is 32.6 Å². The van der Waals surface area contributed by atoms with Crippen molar-refractivity contribution in [3.63, 3.8) is 0 Å². The molecule has 0 spiro atoms. The summed E-state index contributed by atoms with van der Waals surface area (Å²) in [5.41, 5.74) is 2.68. The summed E-state index contributed by atoms with van der Waals surface area (Å²) in [5, 5.41) is 2.90. The van der Waals surface area contributed by atoms with Crippen molar-refractivity contribution in [3.8, 4) is 0 Å². The maximum atomic E-state index is 13.4. The third-order valence-corrected chi connectivity index (χ3v) is 8.72. The largest absolute Gasteiger partial charge is 0.350 e. The zero-order valence-corrected chi connectivity index (χ0v) is 22.4. The average Bonchev–Trinajstić information content (AvgIpc) is 3.51. The fourth-order valence-electron chi connectivity index (χ4n) is 4.50. The number of hydrogen-bond acceptors (Lipinski definition) is 5. The molecule has 200 valence electrons. The Bertz CT molecular complexity index is 1310. The van der Waals surface area contributed by atoms with Gasteiger partial charge in [0.25, 0.3) is 0 Å². The number of carbonyl (C=O) groups excluding carboxylic acids is 2. The van der Waals surface area contributed by atoms with Crippen molar-refractivity contribution >= 4 is 21.8 Å². The normalized spacial score (nSPS) is 14.7. The van der Waals surface area contributed by atoms with Crippen LogP contribution in [-0.4, -0.2) is 53.6 Å². The minimum absolute atomic E-state index is 0.147. The lowest BCUT2D eigenvalue weighted by Crippen LogP contribution is -2.47. The van der Waals surface area contributed by atoms with Gasteiger partial charge in [-0.25, -0.2) is 8.42 Å². The van der Waals surface area contributed by atoms with E-state index in [1.54, 1.807) is 48.5 Å². The van der Waals surface area contributed by atoms with Crippen LogP contribution in [0.1, 0.15) is 42.9 Å². The van der Waals surface area contributed by atoms with Gasteiger partial charge < -0.3 is 10.2 Å². The number of rotatable bonds is 11. The molecule has 0 unspecified atom stereocenters. The maximum absolute atomic E-state index is 13.4. The molecule has 2 amide bonds. The molecule has 0 radical (unpaired) electrons. The second-order valence-electron chi connectivity index (χ2n) is 9.52. The molecule has 1 aromatic heterocycles. The molecule has 9 heteroatoms. The number of hydrogen-bond donors (Lipinski definition) is 1. The Balaban J connectivity index is 1.40. The van der Waals surface area contributed by atoms with E-state index < -0.39 is 16.1 Å². The van der Waals surface area contributed by atoms with Gasteiger partial charge in [0.1, 0.15) is 6.04 Å². The van der Waals surface area contributed by atoms with Gasteiger partial charge in [0.05, 0.1) is 4.90 Å². The molecule has 1 aliphatic rings. The number of sulfonamides is 1. The van der Waals surface area contributed by atoms with Crippen molar-refractivity contribution in [2.75, 3.05) is 13.1 Å². The van der Waals surface area contributed by atoms with Crippen LogP contribution in [0.15, 0.2) is 84.0 Å². The van der Waals surface area contributed by atoms with E-state index in [1.807, 2.05) is 42.5 Å². The van der Waals surface area contributed by atoms with E-state index in [-0.39, 0.29) is 23.1 Å². The summed E-state index contributed by atoms with van der Waals surface area (Å²) in [6, 6.07) is 19.4. The summed E-state index contributed by atoms with van der Waals surface area (Å²) in [6.45, 7) is 3.50. The number of nitrogens with zero attached hydrogens (tertiary/aromatic N) is 3. The van der Waals surface area contributed by atoms with Gasteiger partial charge in [-0.3, -0.25) is 14.6 Å². The Morgan fingerprint density at radius 1 is 0.947 bits per heavy atom. The summed E-state index contributed by atoms with van der Waals surface area (Å²) in [4.78, 5) is 32.3. The van der Waals surface area contributed by atoms with Crippen LogP contribution < -0.4 is 5.32 Å². The highest BCUT2D eigenvalue weighted by molar-refractivity contribution is 7.89. The Morgan fingerprint density at radius 3 is 2.29 bits per heavy atom. The first kappa shape index (κ1) is 27.5. The molecule has 1 saturated heterocycles. The molecule has 1 N–H and O–H groups in total. The van der Waals surface area contributed by atoms with Crippen LogP contribution in [0.4, 0.5) is 0 Å². The van der Waals surface area contributed by atoms with Gasteiger partial charge in [-0.15, -0.1) is 0 Å².